The first kappa shape index (κ1) is 15.1. The van der Waals surface area contributed by atoms with Gasteiger partial charge in [-0.3, -0.25) is 4.79 Å². The molecule has 1 aromatic heterocycles. The van der Waals surface area contributed by atoms with Crippen molar-refractivity contribution in [3.63, 3.8) is 0 Å². The molecule has 0 radical (unpaired) electrons. The summed E-state index contributed by atoms with van der Waals surface area (Å²) in [5.74, 6) is 1.03. The molecule has 0 aliphatic heterocycles. The third-order valence-electron chi connectivity index (χ3n) is 3.29. The van der Waals surface area contributed by atoms with Gasteiger partial charge in [0.2, 0.25) is 0 Å². The Balaban J connectivity index is 2.50. The normalized spacial score (nSPS) is 10.6. The van der Waals surface area contributed by atoms with E-state index in [0.717, 1.165) is 0 Å². The molecule has 1 N–H and O–H groups in total. The molecule has 5 nitrogen and oxygen atoms in total. The molecule has 112 valence electrons. The predicted molar refractivity (Wildman–Crippen MR) is 80.7 cm³/mol. The lowest BCUT2D eigenvalue weighted by atomic mass is 10.1. The Morgan fingerprint density at radius 2 is 2.29 bits per heavy atom. The number of aliphatic hydroxyl groups is 1. The summed E-state index contributed by atoms with van der Waals surface area (Å²) >= 11 is 0. The van der Waals surface area contributed by atoms with Gasteiger partial charge in [0, 0.05) is 18.5 Å². The van der Waals surface area contributed by atoms with E-state index in [4.69, 9.17) is 14.3 Å². The number of ether oxygens (including phenoxy) is 1. The van der Waals surface area contributed by atoms with Gasteiger partial charge < -0.3 is 19.2 Å². The van der Waals surface area contributed by atoms with Crippen LogP contribution in [0.2, 0.25) is 0 Å². The molecule has 0 bridgehead atoms. The Morgan fingerprint density at radius 3 is 2.90 bits per heavy atom. The summed E-state index contributed by atoms with van der Waals surface area (Å²) in [6.07, 6.45) is 1.63. The molecule has 2 rings (SSSR count). The molecule has 0 atom stereocenters. The Kier molecular flexibility index (Phi) is 4.65. The van der Waals surface area contributed by atoms with E-state index in [1.165, 1.54) is 4.90 Å². The number of fused-ring (bicyclic) bond motifs is 1. The van der Waals surface area contributed by atoms with E-state index in [0.29, 0.717) is 34.6 Å². The van der Waals surface area contributed by atoms with Gasteiger partial charge in [-0.15, -0.1) is 6.58 Å². The van der Waals surface area contributed by atoms with Gasteiger partial charge in [0.05, 0.1) is 19.3 Å². The van der Waals surface area contributed by atoms with Gasteiger partial charge in [0.1, 0.15) is 17.1 Å². The number of hydrogen-bond acceptors (Lipinski definition) is 4. The monoisotopic (exact) mass is 289 g/mol. The van der Waals surface area contributed by atoms with Crippen molar-refractivity contribution in [2.75, 3.05) is 26.8 Å². The van der Waals surface area contributed by atoms with Gasteiger partial charge in [-0.25, -0.2) is 0 Å². The number of hydrogen-bond donors (Lipinski definition) is 1. The Labute approximate surface area is 123 Å². The number of carbonyl (C=O) groups excluding carboxylic acids is 1. The van der Waals surface area contributed by atoms with Gasteiger partial charge in [0.15, 0.2) is 0 Å². The molecule has 2 aromatic rings. The fourth-order valence-electron chi connectivity index (χ4n) is 2.30. The molecule has 0 aliphatic carbocycles. The molecule has 1 amide bonds. The van der Waals surface area contributed by atoms with Crippen molar-refractivity contribution in [3.05, 3.63) is 42.2 Å². The predicted octanol–water partition coefficient (Wildman–Crippen LogP) is 2.37. The molecule has 21 heavy (non-hydrogen) atoms. The first-order chi connectivity index (χ1) is 10.1. The minimum absolute atomic E-state index is 0.0995. The second-order valence-corrected chi connectivity index (χ2v) is 4.66. The van der Waals surface area contributed by atoms with Crippen LogP contribution in [-0.2, 0) is 0 Å². The fraction of sp³-hybridized carbons (Fsp3) is 0.312. The lowest BCUT2D eigenvalue weighted by Crippen LogP contribution is -2.33. The largest absolute Gasteiger partial charge is 0.497 e. The molecular weight excluding hydrogens is 270 g/mol. The second-order valence-electron chi connectivity index (χ2n) is 4.66. The Morgan fingerprint density at radius 1 is 1.52 bits per heavy atom. The number of aliphatic hydroxyl groups excluding tert-OH is 1. The third-order valence-corrected chi connectivity index (χ3v) is 3.29. The Bertz CT molecular complexity index is 660. The number of amides is 1. The SMILES string of the molecule is C=CCN(CCO)C(=O)c1c(C)oc2ccc(OC)cc12. The van der Waals surface area contributed by atoms with E-state index in [1.807, 2.05) is 0 Å². The summed E-state index contributed by atoms with van der Waals surface area (Å²) in [6.45, 7) is 5.92. The van der Waals surface area contributed by atoms with Crippen molar-refractivity contribution in [1.29, 1.82) is 0 Å². The molecule has 0 unspecified atom stereocenters. The molecule has 5 heteroatoms. The first-order valence-corrected chi connectivity index (χ1v) is 6.70. The van der Waals surface area contributed by atoms with Crippen molar-refractivity contribution in [2.24, 2.45) is 0 Å². The van der Waals surface area contributed by atoms with Crippen LogP contribution >= 0.6 is 0 Å². The molecular formula is C16H19NO4. The highest BCUT2D eigenvalue weighted by Crippen LogP contribution is 2.29. The van der Waals surface area contributed by atoms with E-state index in [9.17, 15) is 4.79 Å². The number of methoxy groups -OCH3 is 1. The third kappa shape index (κ3) is 2.92. The summed E-state index contributed by atoms with van der Waals surface area (Å²) in [5, 5.41) is 9.81. The highest BCUT2D eigenvalue weighted by atomic mass is 16.5. The first-order valence-electron chi connectivity index (χ1n) is 6.70. The summed E-state index contributed by atoms with van der Waals surface area (Å²) < 4.78 is 10.8. The minimum atomic E-state index is -0.187. The molecule has 0 aliphatic rings. The highest BCUT2D eigenvalue weighted by molar-refractivity contribution is 6.07. The summed E-state index contributed by atoms with van der Waals surface area (Å²) in [7, 11) is 1.57. The summed E-state index contributed by atoms with van der Waals surface area (Å²) in [6, 6.07) is 5.35. The van der Waals surface area contributed by atoms with E-state index < -0.39 is 0 Å². The maximum Gasteiger partial charge on any atom is 0.258 e. The van der Waals surface area contributed by atoms with Crippen molar-refractivity contribution >= 4 is 16.9 Å². The number of benzene rings is 1. The maximum atomic E-state index is 12.7. The number of carbonyl (C=O) groups is 1. The van der Waals surface area contributed by atoms with E-state index in [2.05, 4.69) is 6.58 Å². The zero-order valence-electron chi connectivity index (χ0n) is 12.3. The molecule has 0 spiro atoms. The van der Waals surface area contributed by atoms with Crippen LogP contribution in [0.4, 0.5) is 0 Å². The topological polar surface area (TPSA) is 62.9 Å². The summed E-state index contributed by atoms with van der Waals surface area (Å²) in [5.41, 5.74) is 1.14. The smallest absolute Gasteiger partial charge is 0.258 e. The number of furan rings is 1. The van der Waals surface area contributed by atoms with Crippen LogP contribution < -0.4 is 4.74 Å². The van der Waals surface area contributed by atoms with Crippen LogP contribution in [0.1, 0.15) is 16.1 Å². The van der Waals surface area contributed by atoms with Crippen LogP contribution in [-0.4, -0.2) is 42.7 Å². The maximum absolute atomic E-state index is 12.7. The van der Waals surface area contributed by atoms with E-state index in [-0.39, 0.29) is 19.1 Å². The van der Waals surface area contributed by atoms with E-state index in [1.54, 1.807) is 38.3 Å². The quantitative estimate of drug-likeness (QED) is 0.829. The second kappa shape index (κ2) is 6.45. The van der Waals surface area contributed by atoms with Crippen LogP contribution in [0.3, 0.4) is 0 Å². The lowest BCUT2D eigenvalue weighted by Gasteiger charge is -2.19. The molecule has 0 saturated carbocycles. The zero-order chi connectivity index (χ0) is 15.4. The summed E-state index contributed by atoms with van der Waals surface area (Å²) in [4.78, 5) is 14.2. The lowest BCUT2D eigenvalue weighted by molar-refractivity contribution is 0.0743. The highest BCUT2D eigenvalue weighted by Gasteiger charge is 2.23. The van der Waals surface area contributed by atoms with Crippen molar-refractivity contribution in [2.45, 2.75) is 6.92 Å². The molecule has 0 fully saturated rings. The van der Waals surface area contributed by atoms with Crippen molar-refractivity contribution in [1.82, 2.24) is 4.90 Å². The van der Waals surface area contributed by atoms with Gasteiger partial charge in [0.25, 0.3) is 5.91 Å². The van der Waals surface area contributed by atoms with Crippen LogP contribution in [0.5, 0.6) is 5.75 Å². The average molecular weight is 289 g/mol. The van der Waals surface area contributed by atoms with Crippen LogP contribution in [0.15, 0.2) is 35.3 Å². The van der Waals surface area contributed by atoms with Crippen molar-refractivity contribution in [3.8, 4) is 5.75 Å². The van der Waals surface area contributed by atoms with Crippen LogP contribution in [0, 0.1) is 6.92 Å². The molecule has 1 aromatic carbocycles. The van der Waals surface area contributed by atoms with Crippen LogP contribution in [0.25, 0.3) is 11.0 Å². The van der Waals surface area contributed by atoms with Gasteiger partial charge in [-0.05, 0) is 25.1 Å². The molecule has 1 heterocycles. The fourth-order valence-corrected chi connectivity index (χ4v) is 2.30. The Hall–Kier alpha value is -2.27. The van der Waals surface area contributed by atoms with Gasteiger partial charge in [-0.2, -0.15) is 0 Å². The average Bonchev–Trinajstić information content (AvgIpc) is 2.81. The number of nitrogens with zero attached hydrogens (tertiary/aromatic N) is 1. The molecule has 0 saturated heterocycles. The number of aryl methyl sites for hydroxylation is 1. The number of rotatable bonds is 6. The minimum Gasteiger partial charge on any atom is -0.497 e. The van der Waals surface area contributed by atoms with Gasteiger partial charge in [-0.1, -0.05) is 6.08 Å². The van der Waals surface area contributed by atoms with Gasteiger partial charge >= 0.3 is 0 Å². The van der Waals surface area contributed by atoms with E-state index >= 15 is 0 Å². The van der Waals surface area contributed by atoms with Crippen molar-refractivity contribution < 1.29 is 19.1 Å². The zero-order valence-corrected chi connectivity index (χ0v) is 12.3. The standard InChI is InChI=1S/C16H19NO4/c1-4-7-17(8-9-18)16(19)15-11(2)21-14-6-5-12(20-3)10-13(14)15/h4-6,10,18H,1,7-9H2,2-3H3.